The van der Waals surface area contributed by atoms with Gasteiger partial charge in [-0.1, -0.05) is 0 Å². The molecule has 1 aliphatic carbocycles. The van der Waals surface area contributed by atoms with Crippen LogP contribution in [0.3, 0.4) is 0 Å². The predicted octanol–water partition coefficient (Wildman–Crippen LogP) is 1.82. The molecule has 3 aromatic rings. The molecule has 1 aromatic carbocycles. The van der Waals surface area contributed by atoms with E-state index >= 15 is 0 Å². The first-order valence-corrected chi connectivity index (χ1v) is 9.75. The van der Waals surface area contributed by atoms with Crippen LogP contribution in [0.1, 0.15) is 12.8 Å². The second kappa shape index (κ2) is 7.66. The van der Waals surface area contributed by atoms with Crippen molar-refractivity contribution in [1.29, 1.82) is 0 Å². The van der Waals surface area contributed by atoms with Crippen LogP contribution in [0.5, 0.6) is 0 Å². The zero-order valence-electron chi connectivity index (χ0n) is 15.5. The van der Waals surface area contributed by atoms with Gasteiger partial charge in [0.2, 0.25) is 5.91 Å². The quantitative estimate of drug-likeness (QED) is 0.536. The number of aryl methyl sites for hydroxylation is 1. The number of benzene rings is 1. The highest BCUT2D eigenvalue weighted by Crippen LogP contribution is 2.19. The summed E-state index contributed by atoms with van der Waals surface area (Å²) in [5.41, 5.74) is 1.25. The Kier molecular flexibility index (Phi) is 5.05. The van der Waals surface area contributed by atoms with E-state index in [4.69, 9.17) is 0 Å². The molecule has 3 amide bonds. The Morgan fingerprint density at radius 3 is 2.48 bits per heavy atom. The highest BCUT2D eigenvalue weighted by Gasteiger charge is 2.23. The molecule has 0 atom stereocenters. The zero-order valence-corrected chi connectivity index (χ0v) is 17.1. The van der Waals surface area contributed by atoms with Gasteiger partial charge in [-0.3, -0.25) is 14.2 Å². The molecule has 1 saturated carbocycles. The summed E-state index contributed by atoms with van der Waals surface area (Å²) in [7, 11) is 1.69. The molecule has 11 heteroatoms. The molecule has 0 spiro atoms. The molecule has 4 rings (SSSR count). The van der Waals surface area contributed by atoms with Crippen LogP contribution in [0, 0.1) is 0 Å². The Bertz CT molecular complexity index is 1150. The second-order valence-electron chi connectivity index (χ2n) is 6.79. The molecule has 3 N–H and O–H groups in total. The lowest BCUT2D eigenvalue weighted by Gasteiger charge is -2.09. The number of anilines is 2. The number of fused-ring (bicyclic) bond motifs is 1. The second-order valence-corrected chi connectivity index (χ2v) is 7.54. The zero-order chi connectivity index (χ0) is 20.5. The molecular weight excluding hydrogens is 442 g/mol. The van der Waals surface area contributed by atoms with Gasteiger partial charge in [-0.25, -0.2) is 14.5 Å². The number of rotatable bonds is 5. The van der Waals surface area contributed by atoms with Crippen LogP contribution in [-0.4, -0.2) is 37.3 Å². The van der Waals surface area contributed by atoms with E-state index in [1.54, 1.807) is 31.3 Å². The van der Waals surface area contributed by atoms with Crippen molar-refractivity contribution >= 4 is 50.3 Å². The fourth-order valence-electron chi connectivity index (χ4n) is 2.82. The van der Waals surface area contributed by atoms with Crippen LogP contribution in [0.2, 0.25) is 0 Å². The summed E-state index contributed by atoms with van der Waals surface area (Å²) in [6.45, 7) is -0.188. The number of nitrogens with one attached hydrogen (secondary N) is 3. The van der Waals surface area contributed by atoms with Gasteiger partial charge in [0.05, 0.1) is 0 Å². The average Bonchev–Trinajstić information content (AvgIpc) is 3.42. The smallest absolute Gasteiger partial charge is 0.319 e. The Hall–Kier alpha value is -3.21. The minimum absolute atomic E-state index is 0.188. The molecule has 0 saturated heterocycles. The van der Waals surface area contributed by atoms with Crippen molar-refractivity contribution in [3.8, 4) is 0 Å². The number of aromatic nitrogens is 4. The number of carbonyl (C=O) groups is 2. The summed E-state index contributed by atoms with van der Waals surface area (Å²) in [6.07, 6.45) is 3.35. The Labute approximate surface area is 173 Å². The number of hydrogen-bond acceptors (Lipinski definition) is 5. The van der Waals surface area contributed by atoms with Gasteiger partial charge in [0.25, 0.3) is 5.56 Å². The summed E-state index contributed by atoms with van der Waals surface area (Å²) >= 11 is 3.24. The maximum absolute atomic E-state index is 12.6. The molecule has 0 unspecified atom stereocenters. The number of urea groups is 1. The summed E-state index contributed by atoms with van der Waals surface area (Å²) in [5.74, 6) is -0.375. The maximum Gasteiger partial charge on any atom is 0.319 e. The molecule has 29 heavy (non-hydrogen) atoms. The molecule has 1 aliphatic rings. The number of hydrogen-bond donors (Lipinski definition) is 3. The number of carbonyl (C=O) groups excluding carboxylic acids is 2. The Morgan fingerprint density at radius 1 is 1.17 bits per heavy atom. The lowest BCUT2D eigenvalue weighted by atomic mass is 10.2. The Morgan fingerprint density at radius 2 is 1.83 bits per heavy atom. The molecule has 0 bridgehead atoms. The van der Waals surface area contributed by atoms with E-state index in [1.165, 1.54) is 15.6 Å². The average molecular weight is 460 g/mol. The summed E-state index contributed by atoms with van der Waals surface area (Å²) in [4.78, 5) is 40.9. The fraction of sp³-hybridized carbons (Fsp3) is 0.278. The van der Waals surface area contributed by atoms with Gasteiger partial charge in [0, 0.05) is 24.5 Å². The molecular formula is C18H18BrN7O3. The first kappa shape index (κ1) is 19.1. The molecule has 150 valence electrons. The van der Waals surface area contributed by atoms with Gasteiger partial charge >= 0.3 is 6.03 Å². The molecule has 1 fully saturated rings. The van der Waals surface area contributed by atoms with Crippen molar-refractivity contribution in [2.45, 2.75) is 25.4 Å². The SMILES string of the molecule is Cn1nc(Br)c2c(=O)n(CC(=O)Nc3ccc(NC(=O)NC4CC4)cc3)cnc21. The van der Waals surface area contributed by atoms with Crippen LogP contribution in [0.15, 0.2) is 40.0 Å². The minimum Gasteiger partial charge on any atom is -0.335 e. The van der Waals surface area contributed by atoms with Crippen molar-refractivity contribution in [2.75, 3.05) is 10.6 Å². The molecule has 0 aliphatic heterocycles. The molecule has 0 radical (unpaired) electrons. The van der Waals surface area contributed by atoms with Crippen LogP contribution >= 0.6 is 15.9 Å². The van der Waals surface area contributed by atoms with Gasteiger partial charge in [0.1, 0.15) is 22.9 Å². The Balaban J connectivity index is 1.40. The highest BCUT2D eigenvalue weighted by atomic mass is 79.9. The van der Waals surface area contributed by atoms with E-state index in [2.05, 4.69) is 42.0 Å². The van der Waals surface area contributed by atoms with E-state index < -0.39 is 0 Å². The van der Waals surface area contributed by atoms with Crippen molar-refractivity contribution < 1.29 is 9.59 Å². The van der Waals surface area contributed by atoms with Crippen LogP contribution < -0.4 is 21.5 Å². The van der Waals surface area contributed by atoms with E-state index in [1.807, 2.05) is 0 Å². The van der Waals surface area contributed by atoms with Gasteiger partial charge < -0.3 is 16.0 Å². The summed E-state index contributed by atoms with van der Waals surface area (Å²) in [6, 6.07) is 6.76. The predicted molar refractivity (Wildman–Crippen MR) is 111 cm³/mol. The van der Waals surface area contributed by atoms with Crippen molar-refractivity contribution in [1.82, 2.24) is 24.6 Å². The van der Waals surface area contributed by atoms with E-state index in [-0.39, 0.29) is 30.1 Å². The molecule has 2 heterocycles. The van der Waals surface area contributed by atoms with E-state index in [9.17, 15) is 14.4 Å². The van der Waals surface area contributed by atoms with Gasteiger partial charge in [-0.2, -0.15) is 5.10 Å². The van der Waals surface area contributed by atoms with E-state index in [0.717, 1.165) is 12.8 Å². The fourth-order valence-corrected chi connectivity index (χ4v) is 3.41. The van der Waals surface area contributed by atoms with Crippen molar-refractivity contribution in [3.63, 3.8) is 0 Å². The van der Waals surface area contributed by atoms with Crippen molar-refractivity contribution in [2.24, 2.45) is 7.05 Å². The third-order valence-electron chi connectivity index (χ3n) is 4.42. The van der Waals surface area contributed by atoms with Gasteiger partial charge in [0.15, 0.2) is 5.65 Å². The number of nitrogens with zero attached hydrogens (tertiary/aromatic N) is 4. The third kappa shape index (κ3) is 4.29. The minimum atomic E-state index is -0.375. The first-order chi connectivity index (χ1) is 13.9. The monoisotopic (exact) mass is 459 g/mol. The summed E-state index contributed by atoms with van der Waals surface area (Å²) in [5, 5.41) is 12.7. The third-order valence-corrected chi connectivity index (χ3v) is 4.98. The number of halogens is 1. The lowest BCUT2D eigenvalue weighted by Crippen LogP contribution is -2.30. The first-order valence-electron chi connectivity index (χ1n) is 8.96. The highest BCUT2D eigenvalue weighted by molar-refractivity contribution is 9.10. The topological polar surface area (TPSA) is 123 Å². The van der Waals surface area contributed by atoms with Gasteiger partial charge in [-0.15, -0.1) is 0 Å². The molecule has 10 nitrogen and oxygen atoms in total. The molecule has 2 aromatic heterocycles. The standard InChI is InChI=1S/C18H18BrN7O3/c1-25-16-14(15(19)24-25)17(28)26(9-20-16)8-13(27)21-10-2-4-11(5-3-10)22-18(29)23-12-6-7-12/h2-5,9,12H,6-8H2,1H3,(H,21,27)(H2,22,23,29). The van der Waals surface area contributed by atoms with Crippen LogP contribution in [0.4, 0.5) is 16.2 Å². The van der Waals surface area contributed by atoms with Crippen LogP contribution in [-0.2, 0) is 18.4 Å². The normalized spacial score (nSPS) is 13.3. The maximum atomic E-state index is 12.6. The largest absolute Gasteiger partial charge is 0.335 e. The lowest BCUT2D eigenvalue weighted by molar-refractivity contribution is -0.116. The number of amides is 3. The summed E-state index contributed by atoms with van der Waals surface area (Å²) < 4.78 is 3.10. The van der Waals surface area contributed by atoms with Crippen LogP contribution in [0.25, 0.3) is 11.0 Å². The van der Waals surface area contributed by atoms with E-state index in [0.29, 0.717) is 27.0 Å². The van der Waals surface area contributed by atoms with Crippen molar-refractivity contribution in [3.05, 3.63) is 45.5 Å². The van der Waals surface area contributed by atoms with Gasteiger partial charge in [-0.05, 0) is 53.0 Å².